The predicted molar refractivity (Wildman–Crippen MR) is 58.5 cm³/mol. The van der Waals surface area contributed by atoms with Gasteiger partial charge in [0.15, 0.2) is 0 Å². The fraction of sp³-hybridized carbons (Fsp3) is 0.444. The van der Waals surface area contributed by atoms with E-state index in [4.69, 9.17) is 10.6 Å². The first kappa shape index (κ1) is 11.6. The van der Waals surface area contributed by atoms with E-state index in [1.807, 2.05) is 19.1 Å². The van der Waals surface area contributed by atoms with E-state index in [0.717, 1.165) is 10.2 Å². The summed E-state index contributed by atoms with van der Waals surface area (Å²) in [6, 6.07) is 3.79. The van der Waals surface area contributed by atoms with Gasteiger partial charge < -0.3 is 4.74 Å². The predicted octanol–water partition coefficient (Wildman–Crippen LogP) is 1.38. The molecule has 0 radical (unpaired) electrons. The standard InChI is InChI=1S/C9H14BrN3O/c1-2-14-6-9(13-11)8-4-3-7(10)5-12-8/h3-5,9,13H,2,6,11H2,1H3. The number of rotatable bonds is 5. The van der Waals surface area contributed by atoms with Crippen molar-refractivity contribution in [3.05, 3.63) is 28.5 Å². The molecule has 1 heterocycles. The third-order valence-electron chi connectivity index (χ3n) is 1.80. The van der Waals surface area contributed by atoms with Crippen molar-refractivity contribution in [2.75, 3.05) is 13.2 Å². The van der Waals surface area contributed by atoms with Crippen molar-refractivity contribution in [3.63, 3.8) is 0 Å². The van der Waals surface area contributed by atoms with Gasteiger partial charge >= 0.3 is 0 Å². The average Bonchev–Trinajstić information content (AvgIpc) is 2.21. The quantitative estimate of drug-likeness (QED) is 0.620. The highest BCUT2D eigenvalue weighted by molar-refractivity contribution is 9.10. The molecule has 0 spiro atoms. The molecule has 0 saturated carbocycles. The molecule has 0 saturated heterocycles. The van der Waals surface area contributed by atoms with E-state index in [1.54, 1.807) is 6.20 Å². The summed E-state index contributed by atoms with van der Waals surface area (Å²) in [6.45, 7) is 3.15. The Hall–Kier alpha value is -0.490. The lowest BCUT2D eigenvalue weighted by atomic mass is 10.2. The second-order valence-electron chi connectivity index (χ2n) is 2.78. The highest BCUT2D eigenvalue weighted by Gasteiger charge is 2.10. The molecule has 1 aromatic heterocycles. The van der Waals surface area contributed by atoms with E-state index in [-0.39, 0.29) is 6.04 Å². The van der Waals surface area contributed by atoms with Gasteiger partial charge in [0.1, 0.15) is 0 Å². The Morgan fingerprint density at radius 1 is 1.64 bits per heavy atom. The minimum atomic E-state index is -0.0527. The first-order chi connectivity index (χ1) is 6.77. The summed E-state index contributed by atoms with van der Waals surface area (Å²) in [5.74, 6) is 5.40. The zero-order chi connectivity index (χ0) is 10.4. The van der Waals surface area contributed by atoms with Crippen LogP contribution in [0.2, 0.25) is 0 Å². The molecule has 0 aromatic carbocycles. The molecule has 0 aliphatic carbocycles. The van der Waals surface area contributed by atoms with E-state index in [2.05, 4.69) is 26.3 Å². The summed E-state index contributed by atoms with van der Waals surface area (Å²) in [5, 5.41) is 0. The monoisotopic (exact) mass is 259 g/mol. The molecule has 78 valence electrons. The van der Waals surface area contributed by atoms with Crippen LogP contribution in [0.3, 0.4) is 0 Å². The number of hydrogen-bond donors (Lipinski definition) is 2. The average molecular weight is 260 g/mol. The summed E-state index contributed by atoms with van der Waals surface area (Å²) in [4.78, 5) is 4.23. The van der Waals surface area contributed by atoms with Gasteiger partial charge in [-0.3, -0.25) is 10.8 Å². The highest BCUT2D eigenvalue weighted by Crippen LogP contribution is 2.13. The number of nitrogens with zero attached hydrogens (tertiary/aromatic N) is 1. The van der Waals surface area contributed by atoms with Gasteiger partial charge in [-0.05, 0) is 35.0 Å². The zero-order valence-electron chi connectivity index (χ0n) is 8.03. The molecule has 0 fully saturated rings. The Labute approximate surface area is 92.0 Å². The maximum atomic E-state index is 5.40. The fourth-order valence-corrected chi connectivity index (χ4v) is 1.28. The molecule has 1 rings (SSSR count). The summed E-state index contributed by atoms with van der Waals surface area (Å²) >= 11 is 3.32. The summed E-state index contributed by atoms with van der Waals surface area (Å²) in [5.41, 5.74) is 3.55. The number of ether oxygens (including phenoxy) is 1. The maximum Gasteiger partial charge on any atom is 0.0865 e. The van der Waals surface area contributed by atoms with Crippen molar-refractivity contribution in [2.24, 2.45) is 5.84 Å². The summed E-state index contributed by atoms with van der Waals surface area (Å²) in [7, 11) is 0. The van der Waals surface area contributed by atoms with Gasteiger partial charge in [-0.25, -0.2) is 5.43 Å². The minimum absolute atomic E-state index is 0.0527. The second-order valence-corrected chi connectivity index (χ2v) is 3.70. The van der Waals surface area contributed by atoms with E-state index in [9.17, 15) is 0 Å². The largest absolute Gasteiger partial charge is 0.380 e. The number of pyridine rings is 1. The molecule has 3 N–H and O–H groups in total. The number of halogens is 1. The Kier molecular flexibility index (Phi) is 5.03. The normalized spacial score (nSPS) is 12.8. The van der Waals surface area contributed by atoms with Gasteiger partial charge in [-0.2, -0.15) is 0 Å². The smallest absolute Gasteiger partial charge is 0.0865 e. The van der Waals surface area contributed by atoms with Crippen molar-refractivity contribution in [3.8, 4) is 0 Å². The van der Waals surface area contributed by atoms with Crippen LogP contribution in [0.15, 0.2) is 22.8 Å². The van der Waals surface area contributed by atoms with Crippen LogP contribution in [-0.4, -0.2) is 18.2 Å². The van der Waals surface area contributed by atoms with E-state index >= 15 is 0 Å². The molecule has 1 unspecified atom stereocenters. The number of nitrogens with one attached hydrogen (secondary N) is 1. The van der Waals surface area contributed by atoms with E-state index < -0.39 is 0 Å². The van der Waals surface area contributed by atoms with Crippen LogP contribution in [-0.2, 0) is 4.74 Å². The number of hydrazine groups is 1. The SMILES string of the molecule is CCOCC(NN)c1ccc(Br)cn1. The Morgan fingerprint density at radius 2 is 2.43 bits per heavy atom. The topological polar surface area (TPSA) is 60.2 Å². The lowest BCUT2D eigenvalue weighted by Crippen LogP contribution is -2.32. The highest BCUT2D eigenvalue weighted by atomic mass is 79.9. The lowest BCUT2D eigenvalue weighted by molar-refractivity contribution is 0.122. The fourth-order valence-electron chi connectivity index (χ4n) is 1.05. The van der Waals surface area contributed by atoms with Crippen molar-refractivity contribution in [1.82, 2.24) is 10.4 Å². The number of nitrogens with two attached hydrogens (primary N) is 1. The van der Waals surface area contributed by atoms with Gasteiger partial charge in [0.05, 0.1) is 18.3 Å². The number of aromatic nitrogens is 1. The van der Waals surface area contributed by atoms with Crippen LogP contribution in [0.4, 0.5) is 0 Å². The second kappa shape index (κ2) is 6.08. The molecule has 0 bridgehead atoms. The van der Waals surface area contributed by atoms with Crippen molar-refractivity contribution in [1.29, 1.82) is 0 Å². The number of hydrogen-bond acceptors (Lipinski definition) is 4. The van der Waals surface area contributed by atoms with Gasteiger partial charge in [0, 0.05) is 17.3 Å². The molecule has 4 nitrogen and oxygen atoms in total. The molecule has 0 aliphatic heterocycles. The molecule has 0 aliphatic rings. The van der Waals surface area contributed by atoms with Crippen molar-refractivity contribution in [2.45, 2.75) is 13.0 Å². The Bertz CT molecular complexity index is 265. The molecule has 14 heavy (non-hydrogen) atoms. The molecule has 5 heteroatoms. The van der Waals surface area contributed by atoms with Gasteiger partial charge in [0.25, 0.3) is 0 Å². The van der Waals surface area contributed by atoms with Crippen molar-refractivity contribution >= 4 is 15.9 Å². The molecule has 1 aromatic rings. The molecule has 1 atom stereocenters. The van der Waals surface area contributed by atoms with Crippen LogP contribution >= 0.6 is 15.9 Å². The molecular formula is C9H14BrN3O. The van der Waals surface area contributed by atoms with Crippen LogP contribution in [0.5, 0.6) is 0 Å². The third-order valence-corrected chi connectivity index (χ3v) is 2.27. The maximum absolute atomic E-state index is 5.40. The molecular weight excluding hydrogens is 246 g/mol. The first-order valence-corrected chi connectivity index (χ1v) is 5.22. The van der Waals surface area contributed by atoms with Crippen LogP contribution in [0.1, 0.15) is 18.7 Å². The van der Waals surface area contributed by atoms with Gasteiger partial charge in [-0.15, -0.1) is 0 Å². The third kappa shape index (κ3) is 3.34. The van der Waals surface area contributed by atoms with Crippen molar-refractivity contribution < 1.29 is 4.74 Å². The minimum Gasteiger partial charge on any atom is -0.380 e. The van der Waals surface area contributed by atoms with E-state index in [0.29, 0.717) is 13.2 Å². The van der Waals surface area contributed by atoms with Crippen LogP contribution in [0, 0.1) is 0 Å². The zero-order valence-corrected chi connectivity index (χ0v) is 9.62. The lowest BCUT2D eigenvalue weighted by Gasteiger charge is -2.14. The van der Waals surface area contributed by atoms with E-state index in [1.165, 1.54) is 0 Å². The first-order valence-electron chi connectivity index (χ1n) is 4.43. The summed E-state index contributed by atoms with van der Waals surface area (Å²) < 4.78 is 6.23. The van der Waals surface area contributed by atoms with Gasteiger partial charge in [-0.1, -0.05) is 0 Å². The van der Waals surface area contributed by atoms with Crippen LogP contribution < -0.4 is 11.3 Å². The van der Waals surface area contributed by atoms with Gasteiger partial charge in [0.2, 0.25) is 0 Å². The Morgan fingerprint density at radius 3 is 2.93 bits per heavy atom. The van der Waals surface area contributed by atoms with Crippen LogP contribution in [0.25, 0.3) is 0 Å². The Balaban J connectivity index is 2.64. The summed E-state index contributed by atoms with van der Waals surface area (Å²) in [6.07, 6.45) is 1.74. The molecule has 0 amide bonds.